The van der Waals surface area contributed by atoms with Crippen molar-refractivity contribution in [2.45, 2.75) is 6.42 Å². The number of hydrogen-bond donors (Lipinski definition) is 0. The monoisotopic (exact) mass is 189 g/mol. The summed E-state index contributed by atoms with van der Waals surface area (Å²) in [5, 5.41) is 10.4. The Bertz CT molecular complexity index is 277. The maximum atomic E-state index is 10.0. The van der Waals surface area contributed by atoms with Crippen molar-refractivity contribution < 1.29 is 4.92 Å². The molecule has 0 spiro atoms. The Hall–Kier alpha value is -1.10. The number of halogens is 1. The Labute approximate surface area is 74.1 Å². The maximum absolute atomic E-state index is 10.0. The topological polar surface area (TPSA) is 61.0 Å². The molecule has 0 aliphatic heterocycles. The molecule has 0 saturated carbocycles. The van der Waals surface area contributed by atoms with Crippen LogP contribution in [0.3, 0.4) is 0 Å². The smallest absolute Gasteiger partial charge is 0.209 e. The van der Waals surface area contributed by atoms with Gasteiger partial charge in [0.2, 0.25) is 6.54 Å². The third-order valence-corrected chi connectivity index (χ3v) is 1.86. The highest BCUT2D eigenvalue weighted by Crippen LogP contribution is 2.12. The van der Waals surface area contributed by atoms with Crippen LogP contribution in [-0.4, -0.2) is 21.0 Å². The lowest BCUT2D eigenvalue weighted by atomic mass is 10.3. The molecule has 1 rings (SSSR count). The summed E-state index contributed by atoms with van der Waals surface area (Å²) < 4.78 is 1.69. The zero-order valence-electron chi connectivity index (χ0n) is 6.53. The highest BCUT2D eigenvalue weighted by atomic mass is 35.5. The normalized spacial score (nSPS) is 10.2. The second-order valence-corrected chi connectivity index (χ2v) is 2.76. The van der Waals surface area contributed by atoms with Crippen LogP contribution in [0.1, 0.15) is 5.69 Å². The molecule has 0 atom stereocenters. The van der Waals surface area contributed by atoms with E-state index in [2.05, 4.69) is 4.98 Å². The number of imidazole rings is 1. The highest BCUT2D eigenvalue weighted by molar-refractivity contribution is 6.30. The molecule has 6 heteroatoms. The molecule has 1 aromatic heterocycles. The molecule has 0 amide bonds. The van der Waals surface area contributed by atoms with Gasteiger partial charge in [-0.3, -0.25) is 10.1 Å². The second kappa shape index (κ2) is 3.53. The number of hydrogen-bond acceptors (Lipinski definition) is 3. The zero-order valence-corrected chi connectivity index (χ0v) is 7.28. The van der Waals surface area contributed by atoms with E-state index in [-0.39, 0.29) is 11.5 Å². The third kappa shape index (κ3) is 1.94. The molecule has 0 aliphatic rings. The van der Waals surface area contributed by atoms with Gasteiger partial charge in [-0.1, -0.05) is 11.6 Å². The number of rotatable bonds is 3. The molecular formula is C6H8ClN3O2. The van der Waals surface area contributed by atoms with Crippen LogP contribution >= 0.6 is 11.6 Å². The van der Waals surface area contributed by atoms with Crippen LogP contribution in [0, 0.1) is 10.1 Å². The minimum absolute atomic E-state index is 0.112. The van der Waals surface area contributed by atoms with Crippen molar-refractivity contribution in [1.82, 2.24) is 9.55 Å². The number of nitro groups is 1. The SMILES string of the molecule is Cn1cnc(Cl)c1CC[N+](=O)[O-]. The van der Waals surface area contributed by atoms with Gasteiger partial charge < -0.3 is 4.57 Å². The first-order valence-corrected chi connectivity index (χ1v) is 3.76. The standard InChI is InChI=1S/C6H8ClN3O2/c1-9-4-8-6(7)5(9)2-3-10(11)12/h4H,2-3H2,1H3. The average Bonchev–Trinajstić information content (AvgIpc) is 2.28. The first-order chi connectivity index (χ1) is 5.61. The summed E-state index contributed by atoms with van der Waals surface area (Å²) in [7, 11) is 1.76. The Balaban J connectivity index is 2.68. The Kier molecular flexibility index (Phi) is 2.65. The Morgan fingerprint density at radius 3 is 2.92 bits per heavy atom. The fourth-order valence-corrected chi connectivity index (χ4v) is 1.18. The van der Waals surface area contributed by atoms with Crippen molar-refractivity contribution in [2.24, 2.45) is 7.05 Å². The molecule has 0 aliphatic carbocycles. The van der Waals surface area contributed by atoms with Crippen molar-refractivity contribution in [3.63, 3.8) is 0 Å². The molecule has 12 heavy (non-hydrogen) atoms. The summed E-state index contributed by atoms with van der Waals surface area (Å²) in [6.07, 6.45) is 1.86. The Morgan fingerprint density at radius 2 is 2.50 bits per heavy atom. The molecule has 66 valence electrons. The summed E-state index contributed by atoms with van der Waals surface area (Å²) >= 11 is 5.67. The van der Waals surface area contributed by atoms with E-state index in [0.29, 0.717) is 17.3 Å². The molecule has 0 bridgehead atoms. The zero-order chi connectivity index (χ0) is 9.14. The lowest BCUT2D eigenvalue weighted by Crippen LogP contribution is -2.07. The number of aromatic nitrogens is 2. The van der Waals surface area contributed by atoms with Crippen LogP contribution in [0.5, 0.6) is 0 Å². The van der Waals surface area contributed by atoms with E-state index in [1.807, 2.05) is 0 Å². The van der Waals surface area contributed by atoms with Crippen LogP contribution < -0.4 is 0 Å². The number of aryl methyl sites for hydroxylation is 1. The van der Waals surface area contributed by atoms with Crippen molar-refractivity contribution >= 4 is 11.6 Å². The molecule has 0 unspecified atom stereocenters. The molecule has 0 aromatic carbocycles. The van der Waals surface area contributed by atoms with Gasteiger partial charge in [0.25, 0.3) is 0 Å². The Morgan fingerprint density at radius 1 is 1.83 bits per heavy atom. The maximum Gasteiger partial charge on any atom is 0.209 e. The fourth-order valence-electron chi connectivity index (χ4n) is 0.904. The van der Waals surface area contributed by atoms with Crippen molar-refractivity contribution in [1.29, 1.82) is 0 Å². The molecule has 0 radical (unpaired) electrons. The van der Waals surface area contributed by atoms with Crippen LogP contribution in [0.2, 0.25) is 5.15 Å². The largest absolute Gasteiger partial charge is 0.336 e. The highest BCUT2D eigenvalue weighted by Gasteiger charge is 2.08. The van der Waals surface area contributed by atoms with Gasteiger partial charge in [0, 0.05) is 12.0 Å². The van der Waals surface area contributed by atoms with E-state index in [4.69, 9.17) is 11.6 Å². The van der Waals surface area contributed by atoms with Gasteiger partial charge in [0.1, 0.15) is 5.15 Å². The van der Waals surface area contributed by atoms with Crippen LogP contribution in [0.25, 0.3) is 0 Å². The van der Waals surface area contributed by atoms with Crippen LogP contribution in [0.15, 0.2) is 6.33 Å². The summed E-state index contributed by atoms with van der Waals surface area (Å²) in [4.78, 5) is 13.5. The minimum atomic E-state index is -0.372. The van der Waals surface area contributed by atoms with Crippen molar-refractivity contribution in [3.05, 3.63) is 27.3 Å². The molecule has 0 N–H and O–H groups in total. The summed E-state index contributed by atoms with van der Waals surface area (Å²) in [5.41, 5.74) is 0.702. The second-order valence-electron chi connectivity index (χ2n) is 2.40. The lowest BCUT2D eigenvalue weighted by molar-refractivity contribution is -0.479. The first-order valence-electron chi connectivity index (χ1n) is 3.38. The number of nitrogens with zero attached hydrogens (tertiary/aromatic N) is 3. The minimum Gasteiger partial charge on any atom is -0.336 e. The van der Waals surface area contributed by atoms with E-state index >= 15 is 0 Å². The van der Waals surface area contributed by atoms with Gasteiger partial charge in [-0.15, -0.1) is 0 Å². The van der Waals surface area contributed by atoms with Crippen LogP contribution in [-0.2, 0) is 13.5 Å². The quantitative estimate of drug-likeness (QED) is 0.524. The summed E-state index contributed by atoms with van der Waals surface area (Å²) in [5.74, 6) is 0. The summed E-state index contributed by atoms with van der Waals surface area (Å²) in [6, 6.07) is 0. The van der Waals surface area contributed by atoms with Gasteiger partial charge in [0.15, 0.2) is 0 Å². The molecular weight excluding hydrogens is 182 g/mol. The lowest BCUT2D eigenvalue weighted by Gasteiger charge is -1.97. The van der Waals surface area contributed by atoms with Gasteiger partial charge in [-0.25, -0.2) is 4.98 Å². The van der Waals surface area contributed by atoms with E-state index in [1.165, 1.54) is 6.33 Å². The molecule has 0 saturated heterocycles. The van der Waals surface area contributed by atoms with Crippen molar-refractivity contribution in [2.75, 3.05) is 6.54 Å². The molecule has 1 aromatic rings. The third-order valence-electron chi connectivity index (χ3n) is 1.54. The van der Waals surface area contributed by atoms with Crippen molar-refractivity contribution in [3.8, 4) is 0 Å². The molecule has 5 nitrogen and oxygen atoms in total. The van der Waals surface area contributed by atoms with E-state index in [9.17, 15) is 10.1 Å². The van der Waals surface area contributed by atoms with Crippen LogP contribution in [0.4, 0.5) is 0 Å². The average molecular weight is 190 g/mol. The van der Waals surface area contributed by atoms with Gasteiger partial charge in [-0.2, -0.15) is 0 Å². The fraction of sp³-hybridized carbons (Fsp3) is 0.500. The van der Waals surface area contributed by atoms with E-state index < -0.39 is 0 Å². The molecule has 0 fully saturated rings. The summed E-state index contributed by atoms with van der Waals surface area (Å²) in [6.45, 7) is -0.112. The van der Waals surface area contributed by atoms with Gasteiger partial charge in [0.05, 0.1) is 18.4 Å². The predicted octanol–water partition coefficient (Wildman–Crippen LogP) is 0.893. The van der Waals surface area contributed by atoms with Gasteiger partial charge in [-0.05, 0) is 0 Å². The predicted molar refractivity (Wildman–Crippen MR) is 43.8 cm³/mol. The van der Waals surface area contributed by atoms with E-state index in [1.54, 1.807) is 11.6 Å². The first kappa shape index (κ1) is 8.99. The van der Waals surface area contributed by atoms with Gasteiger partial charge >= 0.3 is 0 Å². The molecule has 1 heterocycles. The van der Waals surface area contributed by atoms with E-state index in [0.717, 1.165) is 0 Å².